The third-order valence-corrected chi connectivity index (χ3v) is 1.87. The van der Waals surface area contributed by atoms with Crippen molar-refractivity contribution in [3.8, 4) is 5.75 Å². The van der Waals surface area contributed by atoms with Gasteiger partial charge in [-0.15, -0.1) is 10.2 Å². The molecular weight excluding hydrogens is 242 g/mol. The van der Waals surface area contributed by atoms with Gasteiger partial charge in [0.1, 0.15) is 5.75 Å². The lowest BCUT2D eigenvalue weighted by molar-refractivity contribution is -0.145. The Labute approximate surface area is 92.4 Å². The standard InChI is InChI=1S/C7H5BF3N3O3/c9-7(10,11)6-13-12-5-2-1-4(3-14(5)6)17-8(15)16/h1-3,15-16H. The summed E-state index contributed by atoms with van der Waals surface area (Å²) in [6, 6.07) is 2.45. The summed E-state index contributed by atoms with van der Waals surface area (Å²) >= 11 is 0. The van der Waals surface area contributed by atoms with E-state index in [9.17, 15) is 13.2 Å². The zero-order chi connectivity index (χ0) is 12.6. The summed E-state index contributed by atoms with van der Waals surface area (Å²) in [5.74, 6) is -1.37. The van der Waals surface area contributed by atoms with Crippen LogP contribution in [0.2, 0.25) is 0 Å². The molecule has 0 saturated heterocycles. The van der Waals surface area contributed by atoms with Crippen molar-refractivity contribution in [2.75, 3.05) is 0 Å². The van der Waals surface area contributed by atoms with Crippen molar-refractivity contribution in [1.82, 2.24) is 14.6 Å². The number of alkyl halides is 3. The van der Waals surface area contributed by atoms with E-state index < -0.39 is 19.3 Å². The van der Waals surface area contributed by atoms with E-state index in [4.69, 9.17) is 10.0 Å². The molecule has 0 amide bonds. The molecule has 0 aliphatic rings. The smallest absolute Gasteiger partial charge is 0.511 e. The summed E-state index contributed by atoms with van der Waals surface area (Å²) in [4.78, 5) is 0. The summed E-state index contributed by atoms with van der Waals surface area (Å²) < 4.78 is 42.5. The van der Waals surface area contributed by atoms with Crippen LogP contribution in [0.25, 0.3) is 5.65 Å². The van der Waals surface area contributed by atoms with E-state index in [2.05, 4.69) is 14.9 Å². The first-order valence-corrected chi connectivity index (χ1v) is 4.33. The maximum atomic E-state index is 12.5. The SMILES string of the molecule is OB(O)Oc1ccc2nnc(C(F)(F)F)n2c1. The average molecular weight is 247 g/mol. The maximum Gasteiger partial charge on any atom is 0.707 e. The van der Waals surface area contributed by atoms with Crippen LogP contribution in [-0.2, 0) is 6.18 Å². The number of hydrogen-bond donors (Lipinski definition) is 2. The van der Waals surface area contributed by atoms with E-state index >= 15 is 0 Å². The molecule has 0 atom stereocenters. The van der Waals surface area contributed by atoms with Gasteiger partial charge in [-0.1, -0.05) is 0 Å². The second-order valence-electron chi connectivity index (χ2n) is 3.06. The normalized spacial score (nSPS) is 11.8. The number of rotatable bonds is 2. The number of hydrogen-bond acceptors (Lipinski definition) is 5. The van der Waals surface area contributed by atoms with Gasteiger partial charge in [0.05, 0.1) is 6.20 Å². The van der Waals surface area contributed by atoms with Gasteiger partial charge in [0.15, 0.2) is 5.65 Å². The highest BCUT2D eigenvalue weighted by atomic mass is 19.4. The minimum absolute atomic E-state index is 0.0305. The van der Waals surface area contributed by atoms with Gasteiger partial charge in [-0.25, -0.2) is 0 Å². The van der Waals surface area contributed by atoms with Crippen LogP contribution in [-0.4, -0.2) is 32.0 Å². The first kappa shape index (κ1) is 11.7. The number of nitrogens with zero attached hydrogens (tertiary/aromatic N) is 3. The Morgan fingerprint density at radius 2 is 1.94 bits per heavy atom. The summed E-state index contributed by atoms with van der Waals surface area (Å²) in [7, 11) is -2.11. The van der Waals surface area contributed by atoms with Crippen LogP contribution in [0.3, 0.4) is 0 Å². The van der Waals surface area contributed by atoms with Crippen LogP contribution in [0.15, 0.2) is 18.3 Å². The van der Waals surface area contributed by atoms with E-state index in [0.29, 0.717) is 4.40 Å². The van der Waals surface area contributed by atoms with Crippen LogP contribution in [0.5, 0.6) is 5.75 Å². The van der Waals surface area contributed by atoms with E-state index in [1.807, 2.05) is 0 Å². The number of fused-ring (bicyclic) bond motifs is 1. The van der Waals surface area contributed by atoms with Gasteiger partial charge in [-0.2, -0.15) is 13.2 Å². The fourth-order valence-electron chi connectivity index (χ4n) is 1.26. The Bertz CT molecular complexity index is 542. The Balaban J connectivity index is 2.51. The summed E-state index contributed by atoms with van der Waals surface area (Å²) in [6.07, 6.45) is -3.74. The average Bonchev–Trinajstić information content (AvgIpc) is 2.58. The van der Waals surface area contributed by atoms with Gasteiger partial charge < -0.3 is 14.7 Å². The van der Waals surface area contributed by atoms with Crippen molar-refractivity contribution < 1.29 is 27.9 Å². The Hall–Kier alpha value is -1.81. The Kier molecular flexibility index (Phi) is 2.67. The highest BCUT2D eigenvalue weighted by Gasteiger charge is 2.37. The quantitative estimate of drug-likeness (QED) is 0.735. The van der Waals surface area contributed by atoms with Crippen molar-refractivity contribution in [1.29, 1.82) is 0 Å². The summed E-state index contributed by atoms with van der Waals surface area (Å²) in [5.41, 5.74) is -0.0305. The second kappa shape index (κ2) is 3.89. The molecule has 2 aromatic rings. The van der Waals surface area contributed by atoms with Crippen LogP contribution >= 0.6 is 0 Å². The maximum absolute atomic E-state index is 12.5. The molecule has 2 N–H and O–H groups in total. The molecule has 17 heavy (non-hydrogen) atoms. The fraction of sp³-hybridized carbons (Fsp3) is 0.143. The third kappa shape index (κ3) is 2.32. The lowest BCUT2D eigenvalue weighted by atomic mass is 10.2. The molecule has 90 valence electrons. The lowest BCUT2D eigenvalue weighted by Crippen LogP contribution is -2.21. The molecule has 2 rings (SSSR count). The van der Waals surface area contributed by atoms with Crippen molar-refractivity contribution in [3.05, 3.63) is 24.2 Å². The molecule has 6 nitrogen and oxygen atoms in total. The highest BCUT2D eigenvalue weighted by Crippen LogP contribution is 2.28. The monoisotopic (exact) mass is 247 g/mol. The summed E-state index contributed by atoms with van der Waals surface area (Å²) in [6.45, 7) is 0. The van der Waals surface area contributed by atoms with Crippen molar-refractivity contribution in [2.24, 2.45) is 0 Å². The van der Waals surface area contributed by atoms with Gasteiger partial charge in [0, 0.05) is 0 Å². The zero-order valence-electron chi connectivity index (χ0n) is 8.09. The minimum atomic E-state index is -4.66. The molecule has 0 radical (unpaired) electrons. The third-order valence-electron chi connectivity index (χ3n) is 1.87. The minimum Gasteiger partial charge on any atom is -0.511 e. The number of aromatic nitrogens is 3. The van der Waals surface area contributed by atoms with Crippen molar-refractivity contribution in [2.45, 2.75) is 6.18 Å². The molecule has 0 spiro atoms. The molecule has 0 fully saturated rings. The molecular formula is C7H5BF3N3O3. The molecule has 0 aromatic carbocycles. The van der Waals surface area contributed by atoms with Gasteiger partial charge in [-0.3, -0.25) is 4.40 Å². The summed E-state index contributed by atoms with van der Waals surface area (Å²) in [5, 5.41) is 23.4. The van der Waals surface area contributed by atoms with Gasteiger partial charge in [0.2, 0.25) is 5.82 Å². The molecule has 2 heterocycles. The topological polar surface area (TPSA) is 79.9 Å². The molecule has 0 saturated carbocycles. The molecule has 10 heteroatoms. The largest absolute Gasteiger partial charge is 0.707 e. The molecule has 0 aliphatic heterocycles. The van der Waals surface area contributed by atoms with E-state index in [1.54, 1.807) is 0 Å². The van der Waals surface area contributed by atoms with E-state index in [0.717, 1.165) is 6.20 Å². The second-order valence-corrected chi connectivity index (χ2v) is 3.06. The molecule has 0 bridgehead atoms. The first-order chi connectivity index (χ1) is 7.88. The number of halogens is 3. The highest BCUT2D eigenvalue weighted by molar-refractivity contribution is 6.33. The van der Waals surface area contributed by atoms with Crippen LogP contribution in [0, 0.1) is 0 Å². The van der Waals surface area contributed by atoms with Crippen LogP contribution in [0.4, 0.5) is 13.2 Å². The van der Waals surface area contributed by atoms with Crippen molar-refractivity contribution in [3.63, 3.8) is 0 Å². The van der Waals surface area contributed by atoms with Gasteiger partial charge in [-0.05, 0) is 12.1 Å². The first-order valence-electron chi connectivity index (χ1n) is 4.33. The molecule has 0 unspecified atom stereocenters. The van der Waals surface area contributed by atoms with E-state index in [1.165, 1.54) is 12.1 Å². The fourth-order valence-corrected chi connectivity index (χ4v) is 1.26. The van der Waals surface area contributed by atoms with Gasteiger partial charge in [0.25, 0.3) is 0 Å². The van der Waals surface area contributed by atoms with Crippen LogP contribution < -0.4 is 4.65 Å². The van der Waals surface area contributed by atoms with Crippen LogP contribution in [0.1, 0.15) is 5.82 Å². The molecule has 0 aliphatic carbocycles. The van der Waals surface area contributed by atoms with Crippen molar-refractivity contribution >= 4 is 13.0 Å². The van der Waals surface area contributed by atoms with E-state index in [-0.39, 0.29) is 11.4 Å². The number of pyridine rings is 1. The zero-order valence-corrected chi connectivity index (χ0v) is 8.09. The lowest BCUT2D eigenvalue weighted by Gasteiger charge is -2.07. The Morgan fingerprint density at radius 1 is 1.24 bits per heavy atom. The molecule has 2 aromatic heterocycles. The predicted octanol–water partition coefficient (Wildman–Crippen LogP) is 0.0964. The van der Waals surface area contributed by atoms with Gasteiger partial charge >= 0.3 is 13.5 Å². The Morgan fingerprint density at radius 3 is 2.53 bits per heavy atom. The predicted molar refractivity (Wildman–Crippen MR) is 48.8 cm³/mol.